The van der Waals surface area contributed by atoms with Crippen LogP contribution in [0.1, 0.15) is 51.1 Å². The van der Waals surface area contributed by atoms with E-state index in [2.05, 4.69) is 10.6 Å². The van der Waals surface area contributed by atoms with Crippen LogP contribution in [0.3, 0.4) is 0 Å². The Morgan fingerprint density at radius 1 is 0.943 bits per heavy atom. The van der Waals surface area contributed by atoms with Gasteiger partial charge in [-0.25, -0.2) is 4.39 Å². The van der Waals surface area contributed by atoms with Gasteiger partial charge < -0.3 is 15.4 Å². The molecule has 0 radical (unpaired) electrons. The minimum atomic E-state index is -0.758. The van der Waals surface area contributed by atoms with Crippen molar-refractivity contribution >= 4 is 40.6 Å². The van der Waals surface area contributed by atoms with Crippen LogP contribution in [0.15, 0.2) is 54.6 Å². The van der Waals surface area contributed by atoms with E-state index in [9.17, 15) is 18.8 Å². The summed E-state index contributed by atoms with van der Waals surface area (Å²) in [6.07, 6.45) is 3.23. The highest BCUT2D eigenvalue weighted by atomic mass is 35.5. The van der Waals surface area contributed by atoms with Gasteiger partial charge in [0.1, 0.15) is 11.6 Å². The summed E-state index contributed by atoms with van der Waals surface area (Å²) in [5, 5.41) is 5.49. The second-order valence-corrected chi connectivity index (χ2v) is 8.74. The van der Waals surface area contributed by atoms with Crippen molar-refractivity contribution in [2.75, 3.05) is 17.7 Å². The Bertz CT molecular complexity index is 1310. The molecule has 0 saturated carbocycles. The number of fused-ring (bicyclic) bond motifs is 1. The predicted molar refractivity (Wildman–Crippen MR) is 133 cm³/mol. The Balaban J connectivity index is 1.39. The van der Waals surface area contributed by atoms with E-state index in [1.165, 1.54) is 36.4 Å². The maximum absolute atomic E-state index is 14.1. The molecule has 0 unspecified atom stereocenters. The molecule has 4 rings (SSSR count). The summed E-state index contributed by atoms with van der Waals surface area (Å²) in [6.45, 7) is 0. The maximum atomic E-state index is 14.1. The second-order valence-electron chi connectivity index (χ2n) is 8.30. The third-order valence-electron chi connectivity index (χ3n) is 5.91. The number of hydrogen-bond acceptors (Lipinski definition) is 4. The van der Waals surface area contributed by atoms with Crippen molar-refractivity contribution in [1.29, 1.82) is 0 Å². The van der Waals surface area contributed by atoms with Crippen LogP contribution in [-0.4, -0.2) is 24.7 Å². The minimum Gasteiger partial charge on any atom is -0.495 e. The second kappa shape index (κ2) is 10.7. The Hall–Kier alpha value is -3.71. The van der Waals surface area contributed by atoms with Gasteiger partial charge in [0, 0.05) is 29.1 Å². The molecule has 0 heterocycles. The van der Waals surface area contributed by atoms with Crippen molar-refractivity contribution in [1.82, 2.24) is 0 Å². The number of halogens is 2. The van der Waals surface area contributed by atoms with E-state index in [0.717, 1.165) is 25.3 Å². The van der Waals surface area contributed by atoms with Crippen LogP contribution < -0.4 is 15.4 Å². The molecular weight excluding hydrogens is 471 g/mol. The molecular formula is C27H24ClFN2O4. The molecule has 1 aliphatic rings. The molecule has 6 nitrogen and oxygen atoms in total. The Kier molecular flexibility index (Phi) is 7.46. The highest BCUT2D eigenvalue weighted by Crippen LogP contribution is 2.29. The zero-order valence-electron chi connectivity index (χ0n) is 19.1. The Morgan fingerprint density at radius 3 is 2.51 bits per heavy atom. The average Bonchev–Trinajstić information content (AvgIpc) is 3.30. The molecule has 0 spiro atoms. The van der Waals surface area contributed by atoms with Crippen LogP contribution in [0.4, 0.5) is 15.8 Å². The number of aryl methyl sites for hydroxylation is 2. The van der Waals surface area contributed by atoms with E-state index in [-0.39, 0.29) is 40.8 Å². The summed E-state index contributed by atoms with van der Waals surface area (Å²) < 4.78 is 19.4. The molecule has 0 aromatic heterocycles. The van der Waals surface area contributed by atoms with E-state index >= 15 is 0 Å². The molecule has 0 saturated heterocycles. The summed E-state index contributed by atoms with van der Waals surface area (Å²) >= 11 is 5.75. The number of amides is 2. The summed E-state index contributed by atoms with van der Waals surface area (Å²) in [4.78, 5) is 37.6. The standard InChI is InChI=1S/C27H24ClFN2O4/c1-35-25-11-8-20(15-23(25)31-27(34)21-9-7-19(28)14-22(21)29)30-26(33)12-10-24(32)18-6-5-16-3-2-4-17(16)13-18/h5-9,11,13-15H,2-4,10,12H2,1H3,(H,30,33)(H,31,34). The fourth-order valence-electron chi connectivity index (χ4n) is 4.09. The highest BCUT2D eigenvalue weighted by Gasteiger charge is 2.17. The van der Waals surface area contributed by atoms with Crippen molar-refractivity contribution in [3.63, 3.8) is 0 Å². The van der Waals surface area contributed by atoms with Gasteiger partial charge in [-0.1, -0.05) is 23.7 Å². The number of hydrogen-bond donors (Lipinski definition) is 2. The molecule has 0 bridgehead atoms. The van der Waals surface area contributed by atoms with Gasteiger partial charge in [-0.15, -0.1) is 0 Å². The fourth-order valence-corrected chi connectivity index (χ4v) is 4.25. The number of ether oxygens (including phenoxy) is 1. The van der Waals surface area contributed by atoms with Crippen molar-refractivity contribution in [2.24, 2.45) is 0 Å². The summed E-state index contributed by atoms with van der Waals surface area (Å²) in [6, 6.07) is 14.2. The lowest BCUT2D eigenvalue weighted by atomic mass is 10.0. The molecule has 35 heavy (non-hydrogen) atoms. The zero-order chi connectivity index (χ0) is 24.9. The molecule has 3 aromatic carbocycles. The van der Waals surface area contributed by atoms with Gasteiger partial charge >= 0.3 is 0 Å². The zero-order valence-corrected chi connectivity index (χ0v) is 19.9. The first-order valence-corrected chi connectivity index (χ1v) is 11.6. The molecule has 2 amide bonds. The smallest absolute Gasteiger partial charge is 0.258 e. The molecule has 3 aromatic rings. The normalized spacial score (nSPS) is 12.1. The van der Waals surface area contributed by atoms with Crippen LogP contribution in [0, 0.1) is 5.82 Å². The van der Waals surface area contributed by atoms with E-state index < -0.39 is 11.7 Å². The lowest BCUT2D eigenvalue weighted by Crippen LogP contribution is -2.16. The van der Waals surface area contributed by atoms with Gasteiger partial charge in [-0.2, -0.15) is 0 Å². The number of methoxy groups -OCH3 is 1. The van der Waals surface area contributed by atoms with Crippen LogP contribution in [-0.2, 0) is 17.6 Å². The number of carbonyl (C=O) groups is 3. The van der Waals surface area contributed by atoms with E-state index in [1.54, 1.807) is 12.1 Å². The summed E-state index contributed by atoms with van der Waals surface area (Å²) in [5.74, 6) is -1.54. The van der Waals surface area contributed by atoms with Crippen molar-refractivity contribution in [3.8, 4) is 5.75 Å². The van der Waals surface area contributed by atoms with Crippen molar-refractivity contribution in [2.45, 2.75) is 32.1 Å². The first-order chi connectivity index (χ1) is 16.8. The largest absolute Gasteiger partial charge is 0.495 e. The first kappa shape index (κ1) is 24.4. The molecule has 0 fully saturated rings. The number of anilines is 2. The molecule has 180 valence electrons. The Labute approximate surface area is 207 Å². The summed E-state index contributed by atoms with van der Waals surface area (Å²) in [7, 11) is 1.43. The highest BCUT2D eigenvalue weighted by molar-refractivity contribution is 6.30. The van der Waals surface area contributed by atoms with Gasteiger partial charge in [-0.3, -0.25) is 14.4 Å². The predicted octanol–water partition coefficient (Wildman–Crippen LogP) is 5.83. The van der Waals surface area contributed by atoms with E-state index in [0.29, 0.717) is 17.0 Å². The number of Topliss-reactive ketones (excluding diaryl/α,β-unsaturated/α-hetero) is 1. The first-order valence-electron chi connectivity index (χ1n) is 11.2. The number of ketones is 1. The van der Waals surface area contributed by atoms with Crippen LogP contribution in [0.25, 0.3) is 0 Å². The third kappa shape index (κ3) is 5.87. The van der Waals surface area contributed by atoms with Crippen LogP contribution in [0.2, 0.25) is 5.02 Å². The SMILES string of the molecule is COc1ccc(NC(=O)CCC(=O)c2ccc3c(c2)CCC3)cc1NC(=O)c1ccc(Cl)cc1F. The van der Waals surface area contributed by atoms with Gasteiger partial charge in [0.05, 0.1) is 18.4 Å². The monoisotopic (exact) mass is 494 g/mol. The minimum absolute atomic E-state index is 0.0135. The van der Waals surface area contributed by atoms with Crippen molar-refractivity contribution in [3.05, 3.63) is 87.7 Å². The van der Waals surface area contributed by atoms with Gasteiger partial charge in [-0.05, 0) is 72.9 Å². The van der Waals surface area contributed by atoms with Crippen LogP contribution in [0.5, 0.6) is 5.75 Å². The third-order valence-corrected chi connectivity index (χ3v) is 6.14. The fraction of sp³-hybridized carbons (Fsp3) is 0.222. The number of rotatable bonds is 8. The number of carbonyl (C=O) groups excluding carboxylic acids is 3. The molecule has 8 heteroatoms. The van der Waals surface area contributed by atoms with Crippen LogP contribution >= 0.6 is 11.6 Å². The number of nitrogens with one attached hydrogen (secondary N) is 2. The summed E-state index contributed by atoms with van der Waals surface area (Å²) in [5.41, 5.74) is 3.59. The average molecular weight is 495 g/mol. The lowest BCUT2D eigenvalue weighted by Gasteiger charge is -2.13. The van der Waals surface area contributed by atoms with Gasteiger partial charge in [0.25, 0.3) is 5.91 Å². The Morgan fingerprint density at radius 2 is 1.74 bits per heavy atom. The van der Waals surface area contributed by atoms with E-state index in [1.807, 2.05) is 18.2 Å². The topological polar surface area (TPSA) is 84.5 Å². The molecule has 0 atom stereocenters. The molecule has 0 aliphatic heterocycles. The lowest BCUT2D eigenvalue weighted by molar-refractivity contribution is -0.116. The van der Waals surface area contributed by atoms with Gasteiger partial charge in [0.2, 0.25) is 5.91 Å². The van der Waals surface area contributed by atoms with Gasteiger partial charge in [0.15, 0.2) is 5.78 Å². The maximum Gasteiger partial charge on any atom is 0.258 e. The molecule has 2 N–H and O–H groups in total. The van der Waals surface area contributed by atoms with Crippen molar-refractivity contribution < 1.29 is 23.5 Å². The molecule has 1 aliphatic carbocycles. The quantitative estimate of drug-likeness (QED) is 0.386. The van der Waals surface area contributed by atoms with E-state index in [4.69, 9.17) is 16.3 Å². The number of benzene rings is 3.